The third kappa shape index (κ3) is 2.94. The number of thiophene rings is 1. The highest BCUT2D eigenvalue weighted by molar-refractivity contribution is 9.10. The molecule has 0 aliphatic carbocycles. The molecule has 1 aromatic heterocycles. The van der Waals surface area contributed by atoms with Crippen LogP contribution in [0.4, 0.5) is 4.39 Å². The van der Waals surface area contributed by atoms with Crippen molar-refractivity contribution in [2.24, 2.45) is 0 Å². The van der Waals surface area contributed by atoms with Gasteiger partial charge in [-0.05, 0) is 57.9 Å². The molecule has 1 N–H and O–H groups in total. The average Bonchev–Trinajstić information content (AvgIpc) is 2.87. The van der Waals surface area contributed by atoms with E-state index in [4.69, 9.17) is 11.6 Å². The van der Waals surface area contributed by atoms with Gasteiger partial charge in [0.2, 0.25) is 0 Å². The van der Waals surface area contributed by atoms with Crippen molar-refractivity contribution in [3.05, 3.63) is 55.4 Å². The summed E-state index contributed by atoms with van der Waals surface area (Å²) in [7, 11) is 1.83. The number of hydrogen-bond donors (Lipinski definition) is 1. The fourth-order valence-corrected chi connectivity index (χ4v) is 2.98. The van der Waals surface area contributed by atoms with Gasteiger partial charge in [-0.25, -0.2) is 4.39 Å². The Balaban J connectivity index is 2.30. The molecule has 0 fully saturated rings. The van der Waals surface area contributed by atoms with Gasteiger partial charge in [-0.3, -0.25) is 0 Å². The zero-order valence-corrected chi connectivity index (χ0v) is 12.9. The van der Waals surface area contributed by atoms with Crippen molar-refractivity contribution in [2.75, 3.05) is 7.05 Å². The minimum atomic E-state index is -0.361. The topological polar surface area (TPSA) is 12.0 Å². The zero-order valence-electron chi connectivity index (χ0n) is 9.71. The Hall–Kier alpha value is -0.420. The lowest BCUT2D eigenvalue weighted by atomic mass is 10.0. The Morgan fingerprint density at radius 1 is 1.44 bits per heavy atom. The van der Waals surface area contributed by atoms with Crippen LogP contribution in [0.25, 0.3) is 0 Å². The molecular weight excluding hydrogens is 337 g/mol. The molecule has 18 heavy (non-hydrogen) atoms. The summed E-state index contributed by atoms with van der Waals surface area (Å²) in [6, 6.07) is 5.51. The molecule has 2 aromatic rings. The van der Waals surface area contributed by atoms with E-state index in [0.29, 0.717) is 10.0 Å². The molecular formula is C13H12BrClFNS. The smallest absolute Gasteiger partial charge is 0.147 e. The first-order valence-corrected chi connectivity index (χ1v) is 7.56. The van der Waals surface area contributed by atoms with Gasteiger partial charge in [0.1, 0.15) is 5.82 Å². The first kappa shape index (κ1) is 14.0. The number of halogens is 3. The van der Waals surface area contributed by atoms with Crippen LogP contribution < -0.4 is 5.32 Å². The predicted octanol–water partition coefficient (Wildman–Crippen LogP) is 4.81. The third-order valence-electron chi connectivity index (χ3n) is 2.81. The average molecular weight is 349 g/mol. The van der Waals surface area contributed by atoms with Crippen molar-refractivity contribution in [1.82, 2.24) is 5.32 Å². The lowest BCUT2D eigenvalue weighted by Gasteiger charge is -2.17. The second-order valence-corrected chi connectivity index (χ2v) is 5.95. The van der Waals surface area contributed by atoms with Gasteiger partial charge in [-0.15, -0.1) is 0 Å². The van der Waals surface area contributed by atoms with Gasteiger partial charge in [-0.1, -0.05) is 17.7 Å². The van der Waals surface area contributed by atoms with Crippen LogP contribution in [-0.4, -0.2) is 7.05 Å². The maximum Gasteiger partial charge on any atom is 0.147 e. The highest BCUT2D eigenvalue weighted by atomic mass is 79.9. The lowest BCUT2D eigenvalue weighted by molar-refractivity contribution is 0.534. The van der Waals surface area contributed by atoms with E-state index in [0.717, 1.165) is 6.42 Å². The Morgan fingerprint density at radius 3 is 2.83 bits per heavy atom. The van der Waals surface area contributed by atoms with Gasteiger partial charge in [0.05, 0.1) is 5.02 Å². The van der Waals surface area contributed by atoms with Gasteiger partial charge in [-0.2, -0.15) is 11.3 Å². The number of nitrogens with one attached hydrogen (secondary N) is 1. The summed E-state index contributed by atoms with van der Waals surface area (Å²) in [6.45, 7) is 0. The van der Waals surface area contributed by atoms with E-state index in [-0.39, 0.29) is 16.9 Å². The van der Waals surface area contributed by atoms with Crippen molar-refractivity contribution in [3.63, 3.8) is 0 Å². The number of benzene rings is 1. The summed E-state index contributed by atoms with van der Waals surface area (Å²) >= 11 is 10.8. The zero-order chi connectivity index (χ0) is 13.1. The first-order valence-electron chi connectivity index (χ1n) is 5.45. The number of hydrogen-bond acceptors (Lipinski definition) is 2. The number of rotatable bonds is 4. The molecule has 0 bridgehead atoms. The molecule has 0 amide bonds. The Morgan fingerprint density at radius 2 is 2.22 bits per heavy atom. The fourth-order valence-electron chi connectivity index (χ4n) is 1.82. The van der Waals surface area contributed by atoms with Crippen LogP contribution in [0, 0.1) is 5.82 Å². The SMILES string of the molecule is CNC(Cc1ccsc1)c1ccc(Br)c(Cl)c1F. The van der Waals surface area contributed by atoms with Crippen molar-refractivity contribution in [1.29, 1.82) is 0 Å². The van der Waals surface area contributed by atoms with E-state index in [9.17, 15) is 4.39 Å². The van der Waals surface area contributed by atoms with Gasteiger partial charge in [0.15, 0.2) is 0 Å². The molecule has 5 heteroatoms. The molecule has 0 radical (unpaired) electrons. The summed E-state index contributed by atoms with van der Waals surface area (Å²) in [4.78, 5) is 0. The molecule has 0 aliphatic rings. The molecule has 1 atom stereocenters. The van der Waals surface area contributed by atoms with Crippen LogP contribution in [0.15, 0.2) is 33.4 Å². The normalized spacial score (nSPS) is 12.7. The van der Waals surface area contributed by atoms with Crippen LogP contribution in [0.5, 0.6) is 0 Å². The molecule has 96 valence electrons. The van der Waals surface area contributed by atoms with Crippen molar-refractivity contribution < 1.29 is 4.39 Å². The molecule has 2 rings (SSSR count). The summed E-state index contributed by atoms with van der Waals surface area (Å²) in [6.07, 6.45) is 0.745. The first-order chi connectivity index (χ1) is 8.63. The summed E-state index contributed by atoms with van der Waals surface area (Å²) in [5.74, 6) is -0.361. The van der Waals surface area contributed by atoms with Gasteiger partial charge < -0.3 is 5.32 Å². The molecule has 1 heterocycles. The minimum Gasteiger partial charge on any atom is -0.313 e. The van der Waals surface area contributed by atoms with Crippen molar-refractivity contribution >= 4 is 38.9 Å². The largest absolute Gasteiger partial charge is 0.313 e. The Kier molecular flexibility index (Phi) is 4.78. The molecule has 0 saturated heterocycles. The monoisotopic (exact) mass is 347 g/mol. The standard InChI is InChI=1S/C13H12BrClFNS/c1-17-11(6-8-4-5-18-7-8)9-2-3-10(14)12(15)13(9)16/h2-5,7,11,17H,6H2,1H3. The summed E-state index contributed by atoms with van der Waals surface area (Å²) < 4.78 is 14.7. The van der Waals surface area contributed by atoms with E-state index < -0.39 is 0 Å². The van der Waals surface area contributed by atoms with Gasteiger partial charge in [0.25, 0.3) is 0 Å². The second kappa shape index (κ2) is 6.15. The van der Waals surface area contributed by atoms with E-state index in [1.54, 1.807) is 23.5 Å². The molecule has 1 aromatic carbocycles. The molecule has 0 aliphatic heterocycles. The van der Waals surface area contributed by atoms with E-state index in [1.165, 1.54) is 5.56 Å². The Labute approximate surface area is 123 Å². The predicted molar refractivity (Wildman–Crippen MR) is 78.9 cm³/mol. The molecule has 0 saturated carbocycles. The van der Waals surface area contributed by atoms with Gasteiger partial charge >= 0.3 is 0 Å². The van der Waals surface area contributed by atoms with E-state index >= 15 is 0 Å². The molecule has 1 unspecified atom stereocenters. The van der Waals surface area contributed by atoms with Gasteiger partial charge in [0, 0.05) is 16.1 Å². The Bertz CT molecular complexity index is 530. The lowest BCUT2D eigenvalue weighted by Crippen LogP contribution is -2.20. The van der Waals surface area contributed by atoms with Crippen LogP contribution in [-0.2, 0) is 6.42 Å². The fraction of sp³-hybridized carbons (Fsp3) is 0.231. The van der Waals surface area contributed by atoms with Crippen LogP contribution in [0.1, 0.15) is 17.2 Å². The molecule has 0 spiro atoms. The third-order valence-corrected chi connectivity index (χ3v) is 4.80. The van der Waals surface area contributed by atoms with Crippen LogP contribution in [0.2, 0.25) is 5.02 Å². The van der Waals surface area contributed by atoms with Crippen LogP contribution >= 0.6 is 38.9 Å². The summed E-state index contributed by atoms with van der Waals surface area (Å²) in [5.41, 5.74) is 1.79. The number of likely N-dealkylation sites (N-methyl/N-ethyl adjacent to an activating group) is 1. The minimum absolute atomic E-state index is 0.0785. The highest BCUT2D eigenvalue weighted by Gasteiger charge is 2.18. The molecule has 1 nitrogen and oxygen atoms in total. The van der Waals surface area contributed by atoms with E-state index in [1.807, 2.05) is 18.5 Å². The van der Waals surface area contributed by atoms with Crippen molar-refractivity contribution in [3.8, 4) is 0 Å². The van der Waals surface area contributed by atoms with E-state index in [2.05, 4.69) is 26.6 Å². The summed E-state index contributed by atoms with van der Waals surface area (Å²) in [5, 5.41) is 7.36. The maximum atomic E-state index is 14.1. The quantitative estimate of drug-likeness (QED) is 0.782. The second-order valence-electron chi connectivity index (χ2n) is 3.94. The highest BCUT2D eigenvalue weighted by Crippen LogP contribution is 2.31. The van der Waals surface area contributed by atoms with Crippen LogP contribution in [0.3, 0.4) is 0 Å². The van der Waals surface area contributed by atoms with Crippen molar-refractivity contribution in [2.45, 2.75) is 12.5 Å². The maximum absolute atomic E-state index is 14.1.